The fourth-order valence-corrected chi connectivity index (χ4v) is 0. The van der Waals surface area contributed by atoms with Gasteiger partial charge in [0.05, 0.1) is 0 Å². The third-order valence-corrected chi connectivity index (χ3v) is 0. The van der Waals surface area contributed by atoms with Gasteiger partial charge in [-0.15, -0.1) is 0 Å². The zero-order valence-electron chi connectivity index (χ0n) is 2.04. The summed E-state index contributed by atoms with van der Waals surface area (Å²) < 4.78 is 8.52. The Kier molecular flexibility index (Phi) is 8.51. The molecule has 0 aromatic heterocycles. The fraction of sp³-hybridized carbons (Fsp3) is 0. The molecule has 0 spiro atoms. The summed E-state index contributed by atoms with van der Waals surface area (Å²) in [4.78, 5) is 17.0. The van der Waals surface area contributed by atoms with Crippen LogP contribution in [0.2, 0.25) is 0 Å². The van der Waals surface area contributed by atoms with Crippen LogP contribution in [0.15, 0.2) is 0 Å². The monoisotopic (exact) mass is 138 g/mol. The van der Waals surface area contributed by atoms with Crippen molar-refractivity contribution in [2.75, 3.05) is 0 Å². The SMILES string of the molecule is O=[PH]([O-])[O-].[Ni+2]. The Balaban J connectivity index is 0. The van der Waals surface area contributed by atoms with E-state index in [1.807, 2.05) is 0 Å². The van der Waals surface area contributed by atoms with Crippen molar-refractivity contribution in [2.45, 2.75) is 0 Å². The maximum Gasteiger partial charge on any atom is 2.00 e. The van der Waals surface area contributed by atoms with Crippen molar-refractivity contribution in [3.05, 3.63) is 0 Å². The van der Waals surface area contributed by atoms with Crippen LogP contribution >= 0.6 is 8.25 Å². The van der Waals surface area contributed by atoms with Crippen molar-refractivity contribution in [3.8, 4) is 0 Å². The third-order valence-electron chi connectivity index (χ3n) is 0. The zero-order chi connectivity index (χ0) is 3.58. The van der Waals surface area contributed by atoms with Crippen molar-refractivity contribution < 1.29 is 30.8 Å². The summed E-state index contributed by atoms with van der Waals surface area (Å²) in [5, 5.41) is 0. The summed E-state index contributed by atoms with van der Waals surface area (Å²) in [7, 11) is -3.63. The summed E-state index contributed by atoms with van der Waals surface area (Å²) >= 11 is 0. The van der Waals surface area contributed by atoms with Crippen LogP contribution in [-0.2, 0) is 21.1 Å². The van der Waals surface area contributed by atoms with E-state index < -0.39 is 8.25 Å². The van der Waals surface area contributed by atoms with E-state index in [2.05, 4.69) is 0 Å². The molecule has 0 fully saturated rings. The summed E-state index contributed by atoms with van der Waals surface area (Å²) in [6.45, 7) is 0. The van der Waals surface area contributed by atoms with Crippen molar-refractivity contribution in [3.63, 3.8) is 0 Å². The summed E-state index contributed by atoms with van der Waals surface area (Å²) in [6, 6.07) is 0. The molecule has 0 bridgehead atoms. The van der Waals surface area contributed by atoms with Gasteiger partial charge in [0.1, 0.15) is 0 Å². The first-order valence-corrected chi connectivity index (χ1v) is 1.84. The van der Waals surface area contributed by atoms with Crippen LogP contribution in [0.3, 0.4) is 0 Å². The molecule has 0 aliphatic carbocycles. The van der Waals surface area contributed by atoms with Crippen LogP contribution in [0.1, 0.15) is 0 Å². The molecule has 0 aromatic rings. The molecule has 5 heavy (non-hydrogen) atoms. The average molecular weight is 139 g/mol. The second kappa shape index (κ2) is 4.64. The van der Waals surface area contributed by atoms with Gasteiger partial charge in [-0.05, 0) is 0 Å². The van der Waals surface area contributed by atoms with Gasteiger partial charge >= 0.3 is 16.5 Å². The van der Waals surface area contributed by atoms with E-state index >= 15 is 0 Å². The molecule has 34 valence electrons. The van der Waals surface area contributed by atoms with Crippen molar-refractivity contribution in [1.29, 1.82) is 0 Å². The van der Waals surface area contributed by atoms with Crippen LogP contribution in [0, 0.1) is 0 Å². The quantitative estimate of drug-likeness (QED) is 0.290. The molecule has 0 heterocycles. The first-order chi connectivity index (χ1) is 1.73. The second-order valence-electron chi connectivity index (χ2n) is 0.250. The molecule has 0 aliphatic rings. The molecule has 0 aliphatic heterocycles. The Morgan fingerprint density at radius 3 is 1.40 bits per heavy atom. The molecule has 3 nitrogen and oxygen atoms in total. The molecular weight excluding hydrogens is 138 g/mol. The number of rotatable bonds is 0. The van der Waals surface area contributed by atoms with Crippen molar-refractivity contribution in [1.82, 2.24) is 0 Å². The maximum atomic E-state index is 8.52. The van der Waals surface area contributed by atoms with Gasteiger partial charge in [0.15, 0.2) is 0 Å². The van der Waals surface area contributed by atoms with E-state index in [1.54, 1.807) is 0 Å². The molecule has 0 amide bonds. The third kappa shape index (κ3) is 78.4. The molecule has 0 rings (SSSR count). The first-order valence-electron chi connectivity index (χ1n) is 0.612. The molecule has 0 saturated heterocycles. The van der Waals surface area contributed by atoms with Crippen molar-refractivity contribution >= 4 is 8.25 Å². The van der Waals surface area contributed by atoms with Crippen LogP contribution in [0.4, 0.5) is 0 Å². The van der Waals surface area contributed by atoms with Gasteiger partial charge in [0.2, 0.25) is 0 Å². The Hall–Kier alpha value is 0.644. The molecule has 0 radical (unpaired) electrons. The predicted octanol–water partition coefficient (Wildman–Crippen LogP) is -1.91. The van der Waals surface area contributed by atoms with E-state index in [-0.39, 0.29) is 16.5 Å². The summed E-state index contributed by atoms with van der Waals surface area (Å²) in [6.07, 6.45) is 0. The molecule has 0 unspecified atom stereocenters. The minimum Gasteiger partial charge on any atom is -0.813 e. The molecular formula is HNiO3P. The Labute approximate surface area is 39.9 Å². The minimum atomic E-state index is -3.63. The fourth-order valence-electron chi connectivity index (χ4n) is 0. The van der Waals surface area contributed by atoms with Gasteiger partial charge in [-0.2, -0.15) is 0 Å². The Morgan fingerprint density at radius 2 is 1.40 bits per heavy atom. The van der Waals surface area contributed by atoms with E-state index in [4.69, 9.17) is 14.4 Å². The van der Waals surface area contributed by atoms with E-state index in [0.29, 0.717) is 0 Å². The van der Waals surface area contributed by atoms with Gasteiger partial charge < -0.3 is 14.4 Å². The Morgan fingerprint density at radius 1 is 1.40 bits per heavy atom. The van der Waals surface area contributed by atoms with E-state index in [0.717, 1.165) is 0 Å². The number of hydrogen-bond acceptors (Lipinski definition) is 3. The minimum absolute atomic E-state index is 0. The normalized spacial score (nSPS) is 7.00. The molecule has 0 aromatic carbocycles. The van der Waals surface area contributed by atoms with Gasteiger partial charge in [0.25, 0.3) is 0 Å². The van der Waals surface area contributed by atoms with Crippen LogP contribution in [-0.4, -0.2) is 0 Å². The van der Waals surface area contributed by atoms with Crippen LogP contribution in [0.25, 0.3) is 0 Å². The summed E-state index contributed by atoms with van der Waals surface area (Å²) in [5.74, 6) is 0. The van der Waals surface area contributed by atoms with Crippen molar-refractivity contribution in [2.24, 2.45) is 0 Å². The van der Waals surface area contributed by atoms with Gasteiger partial charge in [-0.1, -0.05) is 8.25 Å². The smallest absolute Gasteiger partial charge is 0.813 e. The standard InChI is InChI=1S/Ni.H3O3P/c;1-4(2)3/h;4H,(H2,1,2,3)/q+2;/p-2. The first kappa shape index (κ1) is 9.17. The van der Waals surface area contributed by atoms with Gasteiger partial charge in [-0.3, -0.25) is 0 Å². The predicted molar refractivity (Wildman–Crippen MR) is 9.00 cm³/mol. The maximum absolute atomic E-state index is 8.52. The average Bonchev–Trinajstić information content (AvgIpc) is 0.811. The van der Waals surface area contributed by atoms with Crippen LogP contribution < -0.4 is 9.79 Å². The van der Waals surface area contributed by atoms with Crippen LogP contribution in [0.5, 0.6) is 0 Å². The zero-order valence-corrected chi connectivity index (χ0v) is 4.03. The topological polar surface area (TPSA) is 63.2 Å². The molecule has 0 saturated carbocycles. The molecule has 5 heteroatoms. The summed E-state index contributed by atoms with van der Waals surface area (Å²) in [5.41, 5.74) is 0. The van der Waals surface area contributed by atoms with Gasteiger partial charge in [0, 0.05) is 0 Å². The molecule has 0 N–H and O–H groups in total. The second-order valence-corrected chi connectivity index (χ2v) is 0.750. The van der Waals surface area contributed by atoms with E-state index in [1.165, 1.54) is 0 Å². The van der Waals surface area contributed by atoms with Gasteiger partial charge in [-0.25, -0.2) is 0 Å². The Bertz CT molecular complexity index is 29.9. The van der Waals surface area contributed by atoms with E-state index in [9.17, 15) is 0 Å². The largest absolute Gasteiger partial charge is 2.00 e. The molecule has 0 atom stereocenters. The number of hydrogen-bond donors (Lipinski definition) is 0.